The number of pyridine rings is 1. The van der Waals surface area contributed by atoms with E-state index in [0.29, 0.717) is 52.3 Å². The normalized spacial score (nSPS) is 14.5. The quantitative estimate of drug-likeness (QED) is 0.515. The van der Waals surface area contributed by atoms with Gasteiger partial charge in [0.2, 0.25) is 5.95 Å². The fraction of sp³-hybridized carbons (Fsp3) is 0.200. The highest BCUT2D eigenvalue weighted by atomic mass is 35.5. The van der Waals surface area contributed by atoms with Gasteiger partial charge in [0.25, 0.3) is 0 Å². The summed E-state index contributed by atoms with van der Waals surface area (Å²) in [6, 6.07) is 6.33. The Morgan fingerprint density at radius 1 is 1.03 bits per heavy atom. The molecule has 0 unspecified atom stereocenters. The van der Waals surface area contributed by atoms with Gasteiger partial charge in [-0.15, -0.1) is 0 Å². The van der Waals surface area contributed by atoms with Crippen molar-refractivity contribution in [3.8, 4) is 17.1 Å². The van der Waals surface area contributed by atoms with Crippen molar-refractivity contribution in [2.24, 2.45) is 0 Å². The van der Waals surface area contributed by atoms with Gasteiger partial charge in [0.15, 0.2) is 0 Å². The van der Waals surface area contributed by atoms with Gasteiger partial charge >= 0.3 is 0 Å². The van der Waals surface area contributed by atoms with E-state index in [1.54, 1.807) is 47.6 Å². The van der Waals surface area contributed by atoms with Gasteiger partial charge in [-0.1, -0.05) is 11.6 Å². The predicted octanol–water partition coefficient (Wildman–Crippen LogP) is 3.51. The van der Waals surface area contributed by atoms with Crippen LogP contribution < -0.4 is 4.90 Å². The fourth-order valence-electron chi connectivity index (χ4n) is 3.39. The molecule has 1 fully saturated rings. The maximum Gasteiger partial charge on any atom is 0.225 e. The first-order valence-corrected chi connectivity index (χ1v) is 9.51. The number of ether oxygens (including phenoxy) is 1. The molecule has 0 radical (unpaired) electrons. The van der Waals surface area contributed by atoms with Crippen molar-refractivity contribution >= 4 is 28.6 Å². The topological polar surface area (TPSA) is 69.0 Å². The Morgan fingerprint density at radius 3 is 2.59 bits per heavy atom. The van der Waals surface area contributed by atoms with Gasteiger partial charge in [-0.25, -0.2) is 19.3 Å². The summed E-state index contributed by atoms with van der Waals surface area (Å²) < 4.78 is 21.8. The zero-order valence-electron chi connectivity index (χ0n) is 15.3. The number of imidazole rings is 1. The van der Waals surface area contributed by atoms with Gasteiger partial charge in [0.05, 0.1) is 41.7 Å². The number of fused-ring (bicyclic) bond motifs is 1. The van der Waals surface area contributed by atoms with E-state index in [-0.39, 0.29) is 0 Å². The number of nitrogens with zero attached hydrogens (tertiary/aromatic N) is 6. The number of aromatic nitrogens is 5. The monoisotopic (exact) mass is 410 g/mol. The lowest BCUT2D eigenvalue weighted by atomic mass is 10.2. The Hall–Kier alpha value is -3.10. The van der Waals surface area contributed by atoms with E-state index < -0.39 is 5.82 Å². The Bertz CT molecular complexity index is 1170. The Morgan fingerprint density at radius 2 is 1.83 bits per heavy atom. The maximum absolute atomic E-state index is 14.7. The molecular weight excluding hydrogens is 395 g/mol. The van der Waals surface area contributed by atoms with Crippen LogP contribution in [-0.4, -0.2) is 50.8 Å². The van der Waals surface area contributed by atoms with Crippen molar-refractivity contribution in [1.29, 1.82) is 0 Å². The highest BCUT2D eigenvalue weighted by Gasteiger charge is 2.19. The second-order valence-electron chi connectivity index (χ2n) is 6.60. The number of benzene rings is 1. The molecule has 29 heavy (non-hydrogen) atoms. The molecule has 146 valence electrons. The summed E-state index contributed by atoms with van der Waals surface area (Å²) in [6.07, 6.45) is 6.72. The van der Waals surface area contributed by atoms with Crippen LogP contribution in [0.2, 0.25) is 5.02 Å². The van der Waals surface area contributed by atoms with Gasteiger partial charge in [-0.2, -0.15) is 0 Å². The van der Waals surface area contributed by atoms with Crippen LogP contribution in [0.5, 0.6) is 0 Å². The summed E-state index contributed by atoms with van der Waals surface area (Å²) >= 11 is 5.93. The van der Waals surface area contributed by atoms with Crippen molar-refractivity contribution in [2.45, 2.75) is 0 Å². The molecule has 0 saturated carbocycles. The zero-order valence-corrected chi connectivity index (χ0v) is 16.1. The number of hydrogen-bond donors (Lipinski definition) is 0. The molecule has 7 nitrogen and oxygen atoms in total. The molecule has 3 aromatic heterocycles. The molecule has 0 spiro atoms. The van der Waals surface area contributed by atoms with Gasteiger partial charge in [-0.05, 0) is 24.3 Å². The fourth-order valence-corrected chi connectivity index (χ4v) is 3.55. The molecule has 0 atom stereocenters. The van der Waals surface area contributed by atoms with Gasteiger partial charge in [0, 0.05) is 36.7 Å². The van der Waals surface area contributed by atoms with E-state index in [4.69, 9.17) is 16.3 Å². The average molecular weight is 411 g/mol. The summed E-state index contributed by atoms with van der Waals surface area (Å²) in [6.45, 7) is 2.81. The highest BCUT2D eigenvalue weighted by molar-refractivity contribution is 6.30. The van der Waals surface area contributed by atoms with Crippen LogP contribution in [0.1, 0.15) is 0 Å². The Balaban J connectivity index is 1.63. The van der Waals surface area contributed by atoms with Crippen LogP contribution in [0, 0.1) is 5.82 Å². The first kappa shape index (κ1) is 18.0. The average Bonchev–Trinajstić information content (AvgIpc) is 3.14. The number of morpholine rings is 1. The van der Waals surface area contributed by atoms with Crippen LogP contribution in [0.3, 0.4) is 0 Å². The zero-order chi connectivity index (χ0) is 19.8. The molecular formula is C20H16ClFN6O. The number of hydrogen-bond acceptors (Lipinski definition) is 6. The molecule has 1 saturated heterocycles. The second kappa shape index (κ2) is 7.38. The number of halogens is 2. The lowest BCUT2D eigenvalue weighted by Crippen LogP contribution is -2.37. The molecule has 9 heteroatoms. The van der Waals surface area contributed by atoms with Gasteiger partial charge in [-0.3, -0.25) is 9.55 Å². The Labute approximate surface area is 170 Å². The molecule has 0 bridgehead atoms. The van der Waals surface area contributed by atoms with E-state index in [2.05, 4.69) is 24.8 Å². The van der Waals surface area contributed by atoms with Crippen LogP contribution >= 0.6 is 11.6 Å². The van der Waals surface area contributed by atoms with E-state index in [9.17, 15) is 4.39 Å². The predicted molar refractivity (Wildman–Crippen MR) is 108 cm³/mol. The highest BCUT2D eigenvalue weighted by Crippen LogP contribution is 2.30. The maximum atomic E-state index is 14.7. The molecule has 0 aliphatic carbocycles. The third-order valence-corrected chi connectivity index (χ3v) is 5.03. The largest absolute Gasteiger partial charge is 0.378 e. The van der Waals surface area contributed by atoms with Gasteiger partial charge in [0.1, 0.15) is 11.6 Å². The van der Waals surface area contributed by atoms with Crippen LogP contribution in [0.4, 0.5) is 10.3 Å². The minimum Gasteiger partial charge on any atom is -0.378 e. The lowest BCUT2D eigenvalue weighted by Gasteiger charge is -2.26. The van der Waals surface area contributed by atoms with Crippen LogP contribution in [0.15, 0.2) is 49.1 Å². The lowest BCUT2D eigenvalue weighted by molar-refractivity contribution is 0.122. The summed E-state index contributed by atoms with van der Waals surface area (Å²) in [5.41, 5.74) is 2.38. The minimum absolute atomic E-state index is 0.327. The summed E-state index contributed by atoms with van der Waals surface area (Å²) in [4.78, 5) is 19.9. The smallest absolute Gasteiger partial charge is 0.225 e. The molecule has 5 rings (SSSR count). The third kappa shape index (κ3) is 3.30. The summed E-state index contributed by atoms with van der Waals surface area (Å²) in [5.74, 6) is 0.717. The van der Waals surface area contributed by atoms with Crippen molar-refractivity contribution in [3.05, 3.63) is 59.9 Å². The van der Waals surface area contributed by atoms with Crippen LogP contribution in [-0.2, 0) is 4.74 Å². The molecule has 1 aromatic carbocycles. The molecule has 4 heterocycles. The SMILES string of the molecule is Fc1cc(Cl)ccc1-n1c(-c2cnc(N3CCOCC3)nc2)nc2ccncc21. The summed E-state index contributed by atoms with van der Waals surface area (Å²) in [5, 5.41) is 0.327. The minimum atomic E-state index is -0.451. The molecule has 1 aliphatic rings. The first-order chi connectivity index (χ1) is 14.2. The van der Waals surface area contributed by atoms with E-state index >= 15 is 0 Å². The van der Waals surface area contributed by atoms with E-state index in [0.717, 1.165) is 13.1 Å². The standard InChI is InChI=1S/C20H16ClFN6O/c21-14-1-2-17(15(22)9-14)28-18-12-23-4-3-16(18)26-19(28)13-10-24-20(25-11-13)27-5-7-29-8-6-27/h1-4,9-12H,5-8H2. The van der Waals surface area contributed by atoms with Crippen molar-refractivity contribution in [1.82, 2.24) is 24.5 Å². The first-order valence-electron chi connectivity index (χ1n) is 9.14. The summed E-state index contributed by atoms with van der Waals surface area (Å²) in [7, 11) is 0. The van der Waals surface area contributed by atoms with E-state index in [1.165, 1.54) is 6.07 Å². The van der Waals surface area contributed by atoms with Crippen molar-refractivity contribution in [3.63, 3.8) is 0 Å². The second-order valence-corrected chi connectivity index (χ2v) is 7.04. The van der Waals surface area contributed by atoms with Gasteiger partial charge < -0.3 is 9.64 Å². The molecule has 0 amide bonds. The van der Waals surface area contributed by atoms with Crippen molar-refractivity contribution in [2.75, 3.05) is 31.2 Å². The number of anilines is 1. The van der Waals surface area contributed by atoms with E-state index in [1.807, 2.05) is 0 Å². The third-order valence-electron chi connectivity index (χ3n) is 4.80. The van der Waals surface area contributed by atoms with Crippen molar-refractivity contribution < 1.29 is 9.13 Å². The number of rotatable bonds is 3. The molecule has 0 N–H and O–H groups in total. The molecule has 1 aliphatic heterocycles. The molecule has 4 aromatic rings. The van der Waals surface area contributed by atoms with Crippen LogP contribution in [0.25, 0.3) is 28.1 Å². The Kier molecular flexibility index (Phi) is 4.57.